The zero-order chi connectivity index (χ0) is 11.1. The highest BCUT2D eigenvalue weighted by atomic mass is 16.7. The Labute approximate surface area is 90.6 Å². The number of furan rings is 1. The van der Waals surface area contributed by atoms with Crippen LogP contribution in [0.4, 0.5) is 0 Å². The van der Waals surface area contributed by atoms with Crippen LogP contribution in [-0.2, 0) is 9.47 Å². The third-order valence-corrected chi connectivity index (χ3v) is 2.20. The number of nitrogens with one attached hydrogen (secondary N) is 1. The Morgan fingerprint density at radius 3 is 2.60 bits per heavy atom. The summed E-state index contributed by atoms with van der Waals surface area (Å²) in [5.41, 5.74) is 0. The van der Waals surface area contributed by atoms with Crippen molar-refractivity contribution in [3.63, 3.8) is 0 Å². The fourth-order valence-corrected chi connectivity index (χ4v) is 1.47. The lowest BCUT2D eigenvalue weighted by Gasteiger charge is -2.23. The second kappa shape index (κ2) is 6.61. The molecule has 4 nitrogen and oxygen atoms in total. The monoisotopic (exact) mass is 213 g/mol. The van der Waals surface area contributed by atoms with Crippen LogP contribution in [0.5, 0.6) is 0 Å². The summed E-state index contributed by atoms with van der Waals surface area (Å²) in [5.74, 6) is 0.831. The molecule has 1 unspecified atom stereocenters. The lowest BCUT2D eigenvalue weighted by atomic mass is 10.2. The standard InChI is InChI=1S/C11H19NO3/c1-4-7-12-10(11(13-2)14-3)9-6-5-8-15-9/h5-6,8,10-12H,4,7H2,1-3H3. The van der Waals surface area contributed by atoms with Crippen LogP contribution in [0.3, 0.4) is 0 Å². The Morgan fingerprint density at radius 1 is 1.40 bits per heavy atom. The van der Waals surface area contributed by atoms with Gasteiger partial charge in [-0.1, -0.05) is 6.92 Å². The van der Waals surface area contributed by atoms with Crippen molar-refractivity contribution in [3.05, 3.63) is 24.2 Å². The van der Waals surface area contributed by atoms with Crippen LogP contribution in [0, 0.1) is 0 Å². The first-order chi connectivity index (χ1) is 7.33. The average molecular weight is 213 g/mol. The van der Waals surface area contributed by atoms with Crippen LogP contribution in [0.2, 0.25) is 0 Å². The van der Waals surface area contributed by atoms with Crippen LogP contribution in [0.25, 0.3) is 0 Å². The van der Waals surface area contributed by atoms with E-state index in [0.717, 1.165) is 18.7 Å². The van der Waals surface area contributed by atoms with Gasteiger partial charge in [-0.15, -0.1) is 0 Å². The maximum absolute atomic E-state index is 5.35. The fraction of sp³-hybridized carbons (Fsp3) is 0.636. The summed E-state index contributed by atoms with van der Waals surface area (Å²) >= 11 is 0. The summed E-state index contributed by atoms with van der Waals surface area (Å²) in [6, 6.07) is 3.71. The van der Waals surface area contributed by atoms with Gasteiger partial charge in [-0.2, -0.15) is 0 Å². The van der Waals surface area contributed by atoms with Gasteiger partial charge in [-0.25, -0.2) is 0 Å². The Kier molecular flexibility index (Phi) is 5.39. The van der Waals surface area contributed by atoms with E-state index in [2.05, 4.69) is 12.2 Å². The maximum atomic E-state index is 5.35. The molecule has 0 aliphatic rings. The van der Waals surface area contributed by atoms with Crippen LogP contribution >= 0.6 is 0 Å². The first kappa shape index (κ1) is 12.2. The van der Waals surface area contributed by atoms with Crippen LogP contribution in [-0.4, -0.2) is 27.1 Å². The number of rotatable bonds is 7. The minimum Gasteiger partial charge on any atom is -0.467 e. The number of methoxy groups -OCH3 is 2. The van der Waals surface area contributed by atoms with Gasteiger partial charge in [0.1, 0.15) is 11.8 Å². The molecule has 0 bridgehead atoms. The lowest BCUT2D eigenvalue weighted by Crippen LogP contribution is -2.34. The molecule has 1 heterocycles. The normalized spacial score (nSPS) is 13.3. The molecule has 0 aliphatic heterocycles. The number of ether oxygens (including phenoxy) is 2. The molecule has 0 spiro atoms. The van der Waals surface area contributed by atoms with Crippen molar-refractivity contribution in [2.45, 2.75) is 25.7 Å². The molecule has 0 saturated heterocycles. The van der Waals surface area contributed by atoms with E-state index in [0.29, 0.717) is 0 Å². The maximum Gasteiger partial charge on any atom is 0.179 e. The molecular formula is C11H19NO3. The first-order valence-corrected chi connectivity index (χ1v) is 5.15. The molecule has 4 heteroatoms. The Hall–Kier alpha value is -0.840. The highest BCUT2D eigenvalue weighted by Gasteiger charge is 2.24. The highest BCUT2D eigenvalue weighted by molar-refractivity contribution is 5.05. The van der Waals surface area contributed by atoms with Crippen molar-refractivity contribution >= 4 is 0 Å². The van der Waals surface area contributed by atoms with Crippen LogP contribution < -0.4 is 5.32 Å². The van der Waals surface area contributed by atoms with E-state index in [9.17, 15) is 0 Å². The molecule has 0 fully saturated rings. The zero-order valence-electron chi connectivity index (χ0n) is 9.53. The lowest BCUT2D eigenvalue weighted by molar-refractivity contribution is -0.127. The largest absolute Gasteiger partial charge is 0.467 e. The summed E-state index contributed by atoms with van der Waals surface area (Å²) in [6.45, 7) is 3.01. The van der Waals surface area contributed by atoms with Gasteiger partial charge < -0.3 is 19.2 Å². The fourth-order valence-electron chi connectivity index (χ4n) is 1.47. The highest BCUT2D eigenvalue weighted by Crippen LogP contribution is 2.19. The van der Waals surface area contributed by atoms with Gasteiger partial charge in [0.2, 0.25) is 0 Å². The smallest absolute Gasteiger partial charge is 0.179 e. The molecule has 0 radical (unpaired) electrons. The molecule has 0 saturated carbocycles. The molecule has 0 aromatic carbocycles. The Bertz CT molecular complexity index is 244. The van der Waals surface area contributed by atoms with Crippen molar-refractivity contribution in [1.29, 1.82) is 0 Å². The molecule has 1 rings (SSSR count). The summed E-state index contributed by atoms with van der Waals surface area (Å²) in [5, 5.41) is 3.33. The van der Waals surface area contributed by atoms with Gasteiger partial charge >= 0.3 is 0 Å². The molecule has 1 atom stereocenters. The molecular weight excluding hydrogens is 194 g/mol. The molecule has 15 heavy (non-hydrogen) atoms. The van der Waals surface area contributed by atoms with E-state index in [1.165, 1.54) is 0 Å². The van der Waals surface area contributed by atoms with Crippen molar-refractivity contribution < 1.29 is 13.9 Å². The molecule has 1 aromatic rings. The van der Waals surface area contributed by atoms with E-state index in [-0.39, 0.29) is 12.3 Å². The van der Waals surface area contributed by atoms with Crippen LogP contribution in [0.1, 0.15) is 25.1 Å². The van der Waals surface area contributed by atoms with Crippen molar-refractivity contribution in [2.75, 3.05) is 20.8 Å². The predicted octanol–water partition coefficient (Wildman–Crippen LogP) is 1.94. The van der Waals surface area contributed by atoms with Gasteiger partial charge in [0.25, 0.3) is 0 Å². The van der Waals surface area contributed by atoms with Crippen molar-refractivity contribution in [2.24, 2.45) is 0 Å². The summed E-state index contributed by atoms with van der Waals surface area (Å²) in [6.07, 6.45) is 2.37. The predicted molar refractivity (Wildman–Crippen MR) is 57.5 cm³/mol. The third kappa shape index (κ3) is 3.34. The Morgan fingerprint density at radius 2 is 2.13 bits per heavy atom. The van der Waals surface area contributed by atoms with E-state index >= 15 is 0 Å². The molecule has 86 valence electrons. The van der Waals surface area contributed by atoms with Crippen molar-refractivity contribution in [1.82, 2.24) is 5.32 Å². The van der Waals surface area contributed by atoms with Gasteiger partial charge in [-0.3, -0.25) is 0 Å². The van der Waals surface area contributed by atoms with Crippen molar-refractivity contribution in [3.8, 4) is 0 Å². The SMILES string of the molecule is CCCNC(c1ccco1)C(OC)OC. The van der Waals surface area contributed by atoms with E-state index in [1.807, 2.05) is 12.1 Å². The molecule has 0 amide bonds. The zero-order valence-corrected chi connectivity index (χ0v) is 9.53. The molecule has 0 aliphatic carbocycles. The topological polar surface area (TPSA) is 43.6 Å². The Balaban J connectivity index is 2.68. The summed E-state index contributed by atoms with van der Waals surface area (Å²) < 4.78 is 15.8. The number of hydrogen-bond acceptors (Lipinski definition) is 4. The minimum absolute atomic E-state index is 0.0602. The van der Waals surface area contributed by atoms with Gasteiger partial charge in [0.15, 0.2) is 6.29 Å². The molecule has 1 N–H and O–H groups in total. The van der Waals surface area contributed by atoms with Gasteiger partial charge in [0.05, 0.1) is 6.26 Å². The second-order valence-electron chi connectivity index (χ2n) is 3.29. The summed E-state index contributed by atoms with van der Waals surface area (Å²) in [4.78, 5) is 0. The minimum atomic E-state index is -0.331. The first-order valence-electron chi connectivity index (χ1n) is 5.15. The average Bonchev–Trinajstić information content (AvgIpc) is 2.77. The molecule has 1 aromatic heterocycles. The van der Waals surface area contributed by atoms with E-state index in [4.69, 9.17) is 13.9 Å². The van der Waals surface area contributed by atoms with E-state index in [1.54, 1.807) is 20.5 Å². The van der Waals surface area contributed by atoms with Gasteiger partial charge in [0, 0.05) is 14.2 Å². The van der Waals surface area contributed by atoms with E-state index < -0.39 is 0 Å². The summed E-state index contributed by atoms with van der Waals surface area (Å²) in [7, 11) is 3.25. The third-order valence-electron chi connectivity index (χ3n) is 2.20. The quantitative estimate of drug-likeness (QED) is 0.703. The van der Waals surface area contributed by atoms with Crippen LogP contribution in [0.15, 0.2) is 22.8 Å². The van der Waals surface area contributed by atoms with Gasteiger partial charge in [-0.05, 0) is 25.1 Å². The number of hydrogen-bond donors (Lipinski definition) is 1. The second-order valence-corrected chi connectivity index (χ2v) is 3.29.